The van der Waals surface area contributed by atoms with Gasteiger partial charge in [-0.15, -0.1) is 5.10 Å². The number of benzene rings is 2. The first-order valence-electron chi connectivity index (χ1n) is 7.92. The van der Waals surface area contributed by atoms with Crippen LogP contribution in [0.1, 0.15) is 16.7 Å². The van der Waals surface area contributed by atoms with E-state index in [0.29, 0.717) is 11.6 Å². The first-order chi connectivity index (χ1) is 12.1. The fourth-order valence-electron chi connectivity index (χ4n) is 2.48. The van der Waals surface area contributed by atoms with Gasteiger partial charge in [-0.2, -0.15) is 5.10 Å². The summed E-state index contributed by atoms with van der Waals surface area (Å²) in [6.07, 6.45) is 2.33. The van der Waals surface area contributed by atoms with Crippen molar-refractivity contribution in [1.82, 2.24) is 5.32 Å². The predicted octanol–water partition coefficient (Wildman–Crippen LogP) is 3.17. The number of nitrogens with one attached hydrogen (secondary N) is 1. The van der Waals surface area contributed by atoms with Crippen molar-refractivity contribution in [2.75, 3.05) is 7.11 Å². The first-order valence-corrected chi connectivity index (χ1v) is 8.80. The van der Waals surface area contributed by atoms with Crippen LogP contribution in [0.4, 0.5) is 0 Å². The number of amides is 1. The Morgan fingerprint density at radius 1 is 1.24 bits per heavy atom. The third-order valence-electron chi connectivity index (χ3n) is 3.75. The second-order valence-corrected chi connectivity index (χ2v) is 6.90. The number of amidine groups is 1. The van der Waals surface area contributed by atoms with E-state index in [0.717, 1.165) is 16.9 Å². The summed E-state index contributed by atoms with van der Waals surface area (Å²) in [7, 11) is 1.63. The molecule has 2 aromatic rings. The van der Waals surface area contributed by atoms with E-state index in [4.69, 9.17) is 4.74 Å². The maximum Gasteiger partial charge on any atom is 0.239 e. The molecule has 128 valence electrons. The third-order valence-corrected chi connectivity index (χ3v) is 4.82. The number of methoxy groups -OCH3 is 1. The molecule has 0 radical (unpaired) electrons. The molecule has 0 aliphatic carbocycles. The molecule has 1 saturated heterocycles. The molecule has 6 heteroatoms. The molecule has 0 unspecified atom stereocenters. The smallest absolute Gasteiger partial charge is 0.239 e. The molecule has 0 bridgehead atoms. The Kier molecular flexibility index (Phi) is 5.50. The van der Waals surface area contributed by atoms with Crippen molar-refractivity contribution in [3.05, 3.63) is 65.2 Å². The highest BCUT2D eigenvalue weighted by atomic mass is 32.2. The van der Waals surface area contributed by atoms with Crippen molar-refractivity contribution in [3.63, 3.8) is 0 Å². The molecule has 0 aromatic heterocycles. The van der Waals surface area contributed by atoms with Crippen LogP contribution in [0.5, 0.6) is 5.75 Å². The fraction of sp³-hybridized carbons (Fsp3) is 0.211. The van der Waals surface area contributed by atoms with Gasteiger partial charge in [-0.3, -0.25) is 4.79 Å². The van der Waals surface area contributed by atoms with E-state index in [2.05, 4.69) is 21.6 Å². The Hall–Kier alpha value is -2.60. The maximum atomic E-state index is 12.1. The molecular formula is C19H19N3O2S. The molecule has 3 rings (SSSR count). The normalized spacial score (nSPS) is 18.7. The van der Waals surface area contributed by atoms with Crippen LogP contribution in [0, 0.1) is 6.92 Å². The Morgan fingerprint density at radius 3 is 2.76 bits per heavy atom. The van der Waals surface area contributed by atoms with Gasteiger partial charge in [0.15, 0.2) is 5.17 Å². The highest BCUT2D eigenvalue weighted by molar-refractivity contribution is 8.15. The second-order valence-electron chi connectivity index (χ2n) is 5.71. The molecule has 1 atom stereocenters. The monoisotopic (exact) mass is 353 g/mol. The average Bonchev–Trinajstić information content (AvgIpc) is 2.95. The zero-order valence-corrected chi connectivity index (χ0v) is 14.9. The van der Waals surface area contributed by atoms with Crippen molar-refractivity contribution in [3.8, 4) is 5.75 Å². The number of hydrogen-bond acceptors (Lipinski definition) is 5. The van der Waals surface area contributed by atoms with Gasteiger partial charge >= 0.3 is 0 Å². The Balaban J connectivity index is 1.61. The van der Waals surface area contributed by atoms with Crippen LogP contribution in [0.15, 0.2) is 58.7 Å². The van der Waals surface area contributed by atoms with E-state index >= 15 is 0 Å². The fourth-order valence-corrected chi connectivity index (χ4v) is 3.44. The van der Waals surface area contributed by atoms with Gasteiger partial charge in [-0.05, 0) is 48.7 Å². The van der Waals surface area contributed by atoms with E-state index < -0.39 is 0 Å². The molecule has 25 heavy (non-hydrogen) atoms. The SMILES string of the molecule is COc1ccc(/C=N\N=C2\NC(=O)[C@H](Cc3cccc(C)c3)S2)cc1. The molecule has 1 heterocycles. The van der Waals surface area contributed by atoms with E-state index in [-0.39, 0.29) is 11.2 Å². The molecule has 5 nitrogen and oxygen atoms in total. The van der Waals surface area contributed by atoms with Crippen LogP contribution in [0.3, 0.4) is 0 Å². The topological polar surface area (TPSA) is 63.1 Å². The van der Waals surface area contributed by atoms with Crippen LogP contribution in [-0.2, 0) is 11.2 Å². The Bertz CT molecular complexity index is 816. The largest absolute Gasteiger partial charge is 0.497 e. The molecule has 2 aromatic carbocycles. The zero-order valence-electron chi connectivity index (χ0n) is 14.1. The highest BCUT2D eigenvalue weighted by Crippen LogP contribution is 2.23. The zero-order chi connectivity index (χ0) is 17.6. The van der Waals surface area contributed by atoms with Crippen LogP contribution < -0.4 is 10.1 Å². The van der Waals surface area contributed by atoms with Crippen molar-refractivity contribution < 1.29 is 9.53 Å². The summed E-state index contributed by atoms with van der Waals surface area (Å²) in [5, 5.41) is 11.3. The van der Waals surface area contributed by atoms with Crippen LogP contribution in [0.25, 0.3) is 0 Å². The maximum absolute atomic E-state index is 12.1. The molecule has 1 N–H and O–H groups in total. The van der Waals surface area contributed by atoms with Gasteiger partial charge in [-0.1, -0.05) is 41.6 Å². The lowest BCUT2D eigenvalue weighted by atomic mass is 10.1. The summed E-state index contributed by atoms with van der Waals surface area (Å²) in [6.45, 7) is 2.05. The average molecular weight is 353 g/mol. The molecule has 1 fully saturated rings. The molecule has 1 amide bonds. The Morgan fingerprint density at radius 2 is 2.04 bits per heavy atom. The number of ether oxygens (including phenoxy) is 1. The van der Waals surface area contributed by atoms with Crippen molar-refractivity contribution in [2.24, 2.45) is 10.2 Å². The summed E-state index contributed by atoms with van der Waals surface area (Å²) >= 11 is 1.42. The molecule has 1 aliphatic heterocycles. The number of carbonyl (C=O) groups excluding carboxylic acids is 1. The van der Waals surface area contributed by atoms with Crippen LogP contribution in [0.2, 0.25) is 0 Å². The lowest BCUT2D eigenvalue weighted by Crippen LogP contribution is -2.25. The van der Waals surface area contributed by atoms with Gasteiger partial charge in [0, 0.05) is 0 Å². The minimum Gasteiger partial charge on any atom is -0.497 e. The van der Waals surface area contributed by atoms with Gasteiger partial charge in [0.1, 0.15) is 5.75 Å². The third kappa shape index (κ3) is 4.70. The second kappa shape index (κ2) is 7.98. The number of hydrogen-bond donors (Lipinski definition) is 1. The van der Waals surface area contributed by atoms with E-state index in [1.165, 1.54) is 17.3 Å². The minimum absolute atomic E-state index is 0.0232. The van der Waals surface area contributed by atoms with Gasteiger partial charge in [0.25, 0.3) is 0 Å². The summed E-state index contributed by atoms with van der Waals surface area (Å²) in [5.74, 6) is 0.769. The summed E-state index contributed by atoms with van der Waals surface area (Å²) < 4.78 is 5.11. The van der Waals surface area contributed by atoms with Crippen molar-refractivity contribution >= 4 is 29.1 Å². The molecular weight excluding hydrogens is 334 g/mol. The first kappa shape index (κ1) is 17.2. The standard InChI is InChI=1S/C19H19N3O2S/c1-13-4-3-5-15(10-13)11-17-18(23)21-19(25-17)22-20-12-14-6-8-16(24-2)9-7-14/h3-10,12,17H,11H2,1-2H3,(H,21,22,23)/b20-12-/t17-/m0/s1. The molecule has 0 spiro atoms. The van der Waals surface area contributed by atoms with Crippen molar-refractivity contribution in [1.29, 1.82) is 0 Å². The lowest BCUT2D eigenvalue weighted by molar-refractivity contribution is -0.118. The summed E-state index contributed by atoms with van der Waals surface area (Å²) in [6, 6.07) is 15.7. The Labute approximate surface area is 151 Å². The summed E-state index contributed by atoms with van der Waals surface area (Å²) in [5.41, 5.74) is 3.25. The van der Waals surface area contributed by atoms with Crippen molar-refractivity contribution in [2.45, 2.75) is 18.6 Å². The molecule has 1 aliphatic rings. The van der Waals surface area contributed by atoms with Crippen LogP contribution >= 0.6 is 11.8 Å². The number of nitrogens with zero attached hydrogens (tertiary/aromatic N) is 2. The van der Waals surface area contributed by atoms with Gasteiger partial charge in [0.2, 0.25) is 5.91 Å². The molecule has 0 saturated carbocycles. The number of thioether (sulfide) groups is 1. The number of aryl methyl sites for hydroxylation is 1. The minimum atomic E-state index is -0.170. The quantitative estimate of drug-likeness (QED) is 0.663. The van der Waals surface area contributed by atoms with Gasteiger partial charge < -0.3 is 10.1 Å². The summed E-state index contributed by atoms with van der Waals surface area (Å²) in [4.78, 5) is 12.1. The van der Waals surface area contributed by atoms with Crippen LogP contribution in [-0.4, -0.2) is 29.6 Å². The lowest BCUT2D eigenvalue weighted by Gasteiger charge is -2.05. The van der Waals surface area contributed by atoms with E-state index in [1.807, 2.05) is 49.4 Å². The number of carbonyl (C=O) groups is 1. The van der Waals surface area contributed by atoms with Gasteiger partial charge in [-0.25, -0.2) is 0 Å². The number of rotatable bonds is 5. The van der Waals surface area contributed by atoms with E-state index in [9.17, 15) is 4.79 Å². The van der Waals surface area contributed by atoms with E-state index in [1.54, 1.807) is 13.3 Å². The highest BCUT2D eigenvalue weighted by Gasteiger charge is 2.30. The predicted molar refractivity (Wildman–Crippen MR) is 102 cm³/mol. The van der Waals surface area contributed by atoms with Gasteiger partial charge in [0.05, 0.1) is 18.6 Å².